The van der Waals surface area contributed by atoms with Gasteiger partial charge in [0.25, 0.3) is 5.56 Å². The van der Waals surface area contributed by atoms with E-state index in [1.54, 1.807) is 12.1 Å². The minimum Gasteiger partial charge on any atom is -0.507 e. The highest BCUT2D eigenvalue weighted by atomic mass is 79.9. The molecule has 118 valence electrons. The molecule has 23 heavy (non-hydrogen) atoms. The standard InChI is InChI=1S/C15H13BrN4O3/c1-19-13-9(14(22)20(2)15(19)23)6-10(17)12(18-13)8-5-7(16)3-4-11(8)21/h3-6,21H,17H2,1-2H3. The maximum Gasteiger partial charge on any atom is 0.332 e. The SMILES string of the molecule is Cn1c(=O)c2cc(N)c(-c3cc(Br)ccc3O)nc2n(C)c1=O. The van der Waals surface area contributed by atoms with Gasteiger partial charge in [0.1, 0.15) is 11.4 Å². The molecule has 0 spiro atoms. The van der Waals surface area contributed by atoms with E-state index in [9.17, 15) is 14.7 Å². The number of anilines is 1. The lowest BCUT2D eigenvalue weighted by Crippen LogP contribution is -2.37. The third-order valence-electron chi connectivity index (χ3n) is 3.67. The predicted octanol–water partition coefficient (Wildman–Crippen LogP) is 1.35. The minimum absolute atomic E-state index is 0.000540. The molecule has 7 nitrogen and oxygen atoms in total. The van der Waals surface area contributed by atoms with E-state index in [0.717, 1.165) is 9.04 Å². The summed E-state index contributed by atoms with van der Waals surface area (Å²) in [5.41, 5.74) is 6.23. The molecule has 0 aliphatic carbocycles. The Balaban J connectivity index is 2.46. The number of nitrogen functional groups attached to an aromatic ring is 1. The van der Waals surface area contributed by atoms with Gasteiger partial charge in [0.15, 0.2) is 0 Å². The second kappa shape index (κ2) is 5.24. The van der Waals surface area contributed by atoms with E-state index in [4.69, 9.17) is 5.73 Å². The van der Waals surface area contributed by atoms with Gasteiger partial charge in [-0.1, -0.05) is 15.9 Å². The average molecular weight is 377 g/mol. The highest BCUT2D eigenvalue weighted by Gasteiger charge is 2.16. The number of rotatable bonds is 1. The number of halogens is 1. The lowest BCUT2D eigenvalue weighted by molar-refractivity contribution is 0.477. The Morgan fingerprint density at radius 1 is 1.17 bits per heavy atom. The van der Waals surface area contributed by atoms with Crippen LogP contribution in [0.4, 0.5) is 5.69 Å². The summed E-state index contributed by atoms with van der Waals surface area (Å²) in [6.45, 7) is 0. The first kappa shape index (κ1) is 15.3. The van der Waals surface area contributed by atoms with Gasteiger partial charge in [-0.25, -0.2) is 9.78 Å². The number of nitrogens with zero attached hydrogens (tertiary/aromatic N) is 3. The molecule has 1 aromatic carbocycles. The first-order valence-corrected chi connectivity index (χ1v) is 7.45. The highest BCUT2D eigenvalue weighted by Crippen LogP contribution is 2.34. The molecule has 0 amide bonds. The van der Waals surface area contributed by atoms with Crippen LogP contribution < -0.4 is 17.0 Å². The molecule has 3 N–H and O–H groups in total. The van der Waals surface area contributed by atoms with Crippen LogP contribution in [-0.4, -0.2) is 19.2 Å². The summed E-state index contributed by atoms with van der Waals surface area (Å²) in [5.74, 6) is 0.000540. The van der Waals surface area contributed by atoms with Crippen molar-refractivity contribution in [2.24, 2.45) is 14.1 Å². The molecule has 0 saturated heterocycles. The fraction of sp³-hybridized carbons (Fsp3) is 0.133. The van der Waals surface area contributed by atoms with Crippen molar-refractivity contribution < 1.29 is 5.11 Å². The van der Waals surface area contributed by atoms with E-state index < -0.39 is 11.2 Å². The number of phenols is 1. The predicted molar refractivity (Wildman–Crippen MR) is 91.4 cm³/mol. The molecule has 3 aromatic rings. The Labute approximate surface area is 138 Å². The minimum atomic E-state index is -0.482. The second-order valence-electron chi connectivity index (χ2n) is 5.16. The Hall–Kier alpha value is -2.61. The molecular formula is C15H13BrN4O3. The van der Waals surface area contributed by atoms with Crippen LogP contribution in [-0.2, 0) is 14.1 Å². The maximum atomic E-state index is 12.2. The zero-order valence-electron chi connectivity index (χ0n) is 12.4. The average Bonchev–Trinajstić information content (AvgIpc) is 2.53. The quantitative estimate of drug-likeness (QED) is 0.667. The number of aromatic nitrogens is 3. The van der Waals surface area contributed by atoms with Crippen molar-refractivity contribution in [1.82, 2.24) is 14.1 Å². The van der Waals surface area contributed by atoms with Gasteiger partial charge in [-0.3, -0.25) is 13.9 Å². The van der Waals surface area contributed by atoms with Crippen molar-refractivity contribution in [3.05, 3.63) is 49.6 Å². The van der Waals surface area contributed by atoms with Crippen LogP contribution >= 0.6 is 15.9 Å². The number of fused-ring (bicyclic) bond motifs is 1. The number of hydrogen-bond acceptors (Lipinski definition) is 5. The summed E-state index contributed by atoms with van der Waals surface area (Å²) < 4.78 is 3.01. The molecule has 2 aromatic heterocycles. The van der Waals surface area contributed by atoms with Gasteiger partial charge in [-0.05, 0) is 24.3 Å². The first-order valence-electron chi connectivity index (χ1n) is 6.66. The summed E-state index contributed by atoms with van der Waals surface area (Å²) in [5, 5.41) is 10.3. The van der Waals surface area contributed by atoms with Crippen molar-refractivity contribution in [2.45, 2.75) is 0 Å². The lowest BCUT2D eigenvalue weighted by Gasteiger charge is -2.12. The number of aromatic hydroxyl groups is 1. The third kappa shape index (κ3) is 2.31. The molecule has 0 radical (unpaired) electrons. The van der Waals surface area contributed by atoms with Crippen molar-refractivity contribution in [3.8, 4) is 17.0 Å². The van der Waals surface area contributed by atoms with Gasteiger partial charge in [0, 0.05) is 24.1 Å². The van der Waals surface area contributed by atoms with Crippen LogP contribution in [0.1, 0.15) is 0 Å². The van der Waals surface area contributed by atoms with Crippen LogP contribution in [0.3, 0.4) is 0 Å². The normalized spacial score (nSPS) is 11.1. The number of nitrogens with two attached hydrogens (primary N) is 1. The Bertz CT molecular complexity index is 1070. The van der Waals surface area contributed by atoms with Gasteiger partial charge in [0.2, 0.25) is 0 Å². The van der Waals surface area contributed by atoms with Crippen LogP contribution in [0.25, 0.3) is 22.3 Å². The third-order valence-corrected chi connectivity index (χ3v) is 4.17. The molecule has 2 heterocycles. The Morgan fingerprint density at radius 2 is 1.87 bits per heavy atom. The molecule has 8 heteroatoms. The summed E-state index contributed by atoms with van der Waals surface area (Å²) in [6, 6.07) is 6.33. The van der Waals surface area contributed by atoms with E-state index in [2.05, 4.69) is 20.9 Å². The fourth-order valence-corrected chi connectivity index (χ4v) is 2.79. The van der Waals surface area contributed by atoms with Gasteiger partial charge in [0.05, 0.1) is 16.8 Å². The topological polar surface area (TPSA) is 103 Å². The van der Waals surface area contributed by atoms with Crippen molar-refractivity contribution in [2.75, 3.05) is 5.73 Å². The number of pyridine rings is 1. The van der Waals surface area contributed by atoms with Gasteiger partial charge in [-0.15, -0.1) is 0 Å². The molecule has 0 atom stereocenters. The maximum absolute atomic E-state index is 12.2. The van der Waals surface area contributed by atoms with Crippen molar-refractivity contribution in [1.29, 1.82) is 0 Å². The number of hydrogen-bond donors (Lipinski definition) is 2. The zero-order valence-corrected chi connectivity index (χ0v) is 14.0. The highest BCUT2D eigenvalue weighted by molar-refractivity contribution is 9.10. The number of aryl methyl sites for hydroxylation is 1. The van der Waals surface area contributed by atoms with Crippen LogP contribution in [0.2, 0.25) is 0 Å². The van der Waals surface area contributed by atoms with Crippen LogP contribution in [0, 0.1) is 0 Å². The van der Waals surface area contributed by atoms with E-state index in [1.807, 2.05) is 0 Å². The number of phenolic OH excluding ortho intramolecular Hbond substituents is 1. The molecule has 0 fully saturated rings. The summed E-state index contributed by atoms with van der Waals surface area (Å²) >= 11 is 3.33. The lowest BCUT2D eigenvalue weighted by atomic mass is 10.1. The van der Waals surface area contributed by atoms with E-state index in [0.29, 0.717) is 11.3 Å². The van der Waals surface area contributed by atoms with Gasteiger partial charge >= 0.3 is 5.69 Å². The smallest absolute Gasteiger partial charge is 0.332 e. The Kier molecular flexibility index (Phi) is 3.48. The molecule has 3 rings (SSSR count). The van der Waals surface area contributed by atoms with E-state index in [1.165, 1.54) is 30.8 Å². The Morgan fingerprint density at radius 3 is 2.57 bits per heavy atom. The van der Waals surface area contributed by atoms with Crippen LogP contribution in [0.5, 0.6) is 5.75 Å². The summed E-state index contributed by atoms with van der Waals surface area (Å²) in [7, 11) is 2.92. The second-order valence-corrected chi connectivity index (χ2v) is 6.08. The van der Waals surface area contributed by atoms with Crippen molar-refractivity contribution >= 4 is 32.7 Å². The van der Waals surface area contributed by atoms with Gasteiger partial charge < -0.3 is 10.8 Å². The summed E-state index contributed by atoms with van der Waals surface area (Å²) in [4.78, 5) is 28.6. The number of benzene rings is 1. The monoisotopic (exact) mass is 376 g/mol. The molecular weight excluding hydrogens is 364 g/mol. The molecule has 0 aliphatic heterocycles. The van der Waals surface area contributed by atoms with E-state index in [-0.39, 0.29) is 22.5 Å². The van der Waals surface area contributed by atoms with E-state index >= 15 is 0 Å². The fourth-order valence-electron chi connectivity index (χ4n) is 2.43. The van der Waals surface area contributed by atoms with Crippen LogP contribution in [0.15, 0.2) is 38.3 Å². The van der Waals surface area contributed by atoms with Crippen molar-refractivity contribution in [3.63, 3.8) is 0 Å². The molecule has 0 saturated carbocycles. The molecule has 0 aliphatic rings. The summed E-state index contributed by atoms with van der Waals surface area (Å²) in [6.07, 6.45) is 0. The van der Waals surface area contributed by atoms with Gasteiger partial charge in [-0.2, -0.15) is 0 Å². The largest absolute Gasteiger partial charge is 0.507 e. The zero-order chi connectivity index (χ0) is 16.9. The first-order chi connectivity index (χ1) is 10.8. The molecule has 0 unspecified atom stereocenters. The molecule has 0 bridgehead atoms.